The molecule has 0 spiro atoms. The second kappa shape index (κ2) is 2.57. The molecule has 3 heteroatoms. The number of carboxylic acids is 1. The molecule has 0 aromatic carbocycles. The molecule has 12 heavy (non-hydrogen) atoms. The van der Waals surface area contributed by atoms with Crippen LogP contribution in [-0.2, 0) is 9.59 Å². The van der Waals surface area contributed by atoms with Gasteiger partial charge in [0.2, 0.25) is 0 Å². The summed E-state index contributed by atoms with van der Waals surface area (Å²) in [6, 6.07) is 0. The van der Waals surface area contributed by atoms with Gasteiger partial charge in [0.15, 0.2) is 0 Å². The molecule has 2 aliphatic carbocycles. The Bertz CT molecular complexity index is 224. The normalized spacial score (nSPS) is 44.7. The second-order valence-electron chi connectivity index (χ2n) is 3.98. The molecule has 2 rings (SSSR count). The van der Waals surface area contributed by atoms with Crippen molar-refractivity contribution < 1.29 is 14.7 Å². The number of carboxylic acid groups (broad SMARTS) is 1. The van der Waals surface area contributed by atoms with Crippen LogP contribution in [0.3, 0.4) is 0 Å². The number of carbonyl (C=O) groups is 2. The molecule has 1 N–H and O–H groups in total. The maximum atomic E-state index is 10.7. The van der Waals surface area contributed by atoms with E-state index in [4.69, 9.17) is 5.11 Å². The molecule has 2 aliphatic rings. The van der Waals surface area contributed by atoms with Gasteiger partial charge >= 0.3 is 5.97 Å². The predicted octanol–water partition coefficient (Wildman–Crippen LogP) is 0.932. The van der Waals surface area contributed by atoms with Crippen molar-refractivity contribution in [3.8, 4) is 0 Å². The molecule has 0 aromatic rings. The predicted molar refractivity (Wildman–Crippen MR) is 41.5 cm³/mol. The van der Waals surface area contributed by atoms with Crippen LogP contribution in [-0.4, -0.2) is 17.4 Å². The Morgan fingerprint density at radius 3 is 2.58 bits per heavy atom. The van der Waals surface area contributed by atoms with Crippen LogP contribution in [0.2, 0.25) is 0 Å². The second-order valence-corrected chi connectivity index (χ2v) is 3.98. The number of aldehydes is 1. The van der Waals surface area contributed by atoms with Crippen LogP contribution in [0.5, 0.6) is 0 Å². The SMILES string of the molecule is O=CC1CC2CC(C(=O)O)C1C2. The van der Waals surface area contributed by atoms with Crippen molar-refractivity contribution in [3.63, 3.8) is 0 Å². The fraction of sp³-hybridized carbons (Fsp3) is 0.778. The number of fused-ring (bicyclic) bond motifs is 2. The summed E-state index contributed by atoms with van der Waals surface area (Å²) in [7, 11) is 0. The van der Waals surface area contributed by atoms with E-state index in [0.29, 0.717) is 5.92 Å². The highest BCUT2D eigenvalue weighted by molar-refractivity contribution is 5.72. The van der Waals surface area contributed by atoms with Crippen molar-refractivity contribution >= 4 is 12.3 Å². The average molecular weight is 168 g/mol. The van der Waals surface area contributed by atoms with Gasteiger partial charge in [-0.2, -0.15) is 0 Å². The largest absolute Gasteiger partial charge is 0.481 e. The quantitative estimate of drug-likeness (QED) is 0.624. The number of carbonyl (C=O) groups excluding carboxylic acids is 1. The number of hydrogen-bond donors (Lipinski definition) is 1. The van der Waals surface area contributed by atoms with Crippen LogP contribution >= 0.6 is 0 Å². The molecule has 4 atom stereocenters. The minimum Gasteiger partial charge on any atom is -0.481 e. The smallest absolute Gasteiger partial charge is 0.306 e. The average Bonchev–Trinajstić information content (AvgIpc) is 2.60. The zero-order valence-corrected chi connectivity index (χ0v) is 6.77. The van der Waals surface area contributed by atoms with Crippen LogP contribution in [0.1, 0.15) is 19.3 Å². The molecule has 0 radical (unpaired) electrons. The Hall–Kier alpha value is -0.860. The molecule has 66 valence electrons. The molecule has 2 bridgehead atoms. The summed E-state index contributed by atoms with van der Waals surface area (Å²) in [4.78, 5) is 21.3. The van der Waals surface area contributed by atoms with E-state index in [1.807, 2.05) is 0 Å². The molecule has 0 aliphatic heterocycles. The van der Waals surface area contributed by atoms with E-state index in [2.05, 4.69) is 0 Å². The van der Waals surface area contributed by atoms with Crippen molar-refractivity contribution in [1.29, 1.82) is 0 Å². The van der Waals surface area contributed by atoms with Crippen LogP contribution in [0.25, 0.3) is 0 Å². The maximum Gasteiger partial charge on any atom is 0.306 e. The molecule has 2 saturated carbocycles. The number of rotatable bonds is 2. The van der Waals surface area contributed by atoms with Gasteiger partial charge in [-0.3, -0.25) is 4.79 Å². The van der Waals surface area contributed by atoms with Gasteiger partial charge < -0.3 is 9.90 Å². The van der Waals surface area contributed by atoms with Crippen molar-refractivity contribution in [3.05, 3.63) is 0 Å². The van der Waals surface area contributed by atoms with Gasteiger partial charge in [0.25, 0.3) is 0 Å². The fourth-order valence-electron chi connectivity index (χ4n) is 2.85. The maximum absolute atomic E-state index is 10.7. The van der Waals surface area contributed by atoms with Gasteiger partial charge in [0.1, 0.15) is 6.29 Å². The number of aliphatic carboxylic acids is 1. The summed E-state index contributed by atoms with van der Waals surface area (Å²) in [5.41, 5.74) is 0. The minimum absolute atomic E-state index is 0.0323. The lowest BCUT2D eigenvalue weighted by molar-refractivity contribution is -0.144. The van der Waals surface area contributed by atoms with Gasteiger partial charge in [-0.05, 0) is 31.1 Å². The summed E-state index contributed by atoms with van der Waals surface area (Å²) in [6.45, 7) is 0. The highest BCUT2D eigenvalue weighted by Gasteiger charge is 2.48. The first-order chi connectivity index (χ1) is 5.72. The van der Waals surface area contributed by atoms with Gasteiger partial charge in [-0.1, -0.05) is 0 Å². The van der Waals surface area contributed by atoms with Crippen molar-refractivity contribution in [2.45, 2.75) is 19.3 Å². The first-order valence-electron chi connectivity index (χ1n) is 4.40. The third-order valence-electron chi connectivity index (χ3n) is 3.36. The summed E-state index contributed by atoms with van der Waals surface area (Å²) in [5, 5.41) is 8.83. The molecule has 0 saturated heterocycles. The van der Waals surface area contributed by atoms with Gasteiger partial charge in [-0.15, -0.1) is 0 Å². The molecule has 0 aromatic heterocycles. The van der Waals surface area contributed by atoms with Gasteiger partial charge in [0, 0.05) is 5.92 Å². The van der Waals surface area contributed by atoms with E-state index in [9.17, 15) is 9.59 Å². The first kappa shape index (κ1) is 7.77. The molecule has 0 heterocycles. The molecule has 2 fully saturated rings. The third-order valence-corrected chi connectivity index (χ3v) is 3.36. The van der Waals surface area contributed by atoms with E-state index in [1.165, 1.54) is 0 Å². The van der Waals surface area contributed by atoms with E-state index >= 15 is 0 Å². The molecule has 0 amide bonds. The van der Waals surface area contributed by atoms with E-state index < -0.39 is 5.97 Å². The Labute approximate surface area is 70.8 Å². The summed E-state index contributed by atoms with van der Waals surface area (Å²) in [6.07, 6.45) is 3.63. The van der Waals surface area contributed by atoms with Crippen LogP contribution in [0.4, 0.5) is 0 Å². The van der Waals surface area contributed by atoms with E-state index in [0.717, 1.165) is 25.5 Å². The molecular weight excluding hydrogens is 156 g/mol. The zero-order chi connectivity index (χ0) is 8.72. The van der Waals surface area contributed by atoms with Crippen LogP contribution in [0, 0.1) is 23.7 Å². The van der Waals surface area contributed by atoms with E-state index in [1.54, 1.807) is 0 Å². The van der Waals surface area contributed by atoms with Crippen molar-refractivity contribution in [2.75, 3.05) is 0 Å². The fourth-order valence-corrected chi connectivity index (χ4v) is 2.85. The van der Waals surface area contributed by atoms with Crippen LogP contribution < -0.4 is 0 Å². The standard InChI is InChI=1S/C9H12O3/c10-4-6-1-5-2-7(6)8(3-5)9(11)12/h4-8H,1-3H2,(H,11,12). The Morgan fingerprint density at radius 1 is 1.33 bits per heavy atom. The lowest BCUT2D eigenvalue weighted by atomic mass is 9.81. The molecule has 4 unspecified atom stereocenters. The van der Waals surface area contributed by atoms with Crippen LogP contribution in [0.15, 0.2) is 0 Å². The monoisotopic (exact) mass is 168 g/mol. The van der Waals surface area contributed by atoms with Gasteiger partial charge in [-0.25, -0.2) is 0 Å². The highest BCUT2D eigenvalue weighted by atomic mass is 16.4. The van der Waals surface area contributed by atoms with Crippen molar-refractivity contribution in [2.24, 2.45) is 23.7 Å². The van der Waals surface area contributed by atoms with E-state index in [-0.39, 0.29) is 17.8 Å². The third kappa shape index (κ3) is 0.958. The number of hydrogen-bond acceptors (Lipinski definition) is 2. The Morgan fingerprint density at radius 2 is 2.08 bits per heavy atom. The Kier molecular flexibility index (Phi) is 1.67. The zero-order valence-electron chi connectivity index (χ0n) is 6.77. The first-order valence-corrected chi connectivity index (χ1v) is 4.40. The molecular formula is C9H12O3. The Balaban J connectivity index is 2.14. The topological polar surface area (TPSA) is 54.4 Å². The summed E-state index contributed by atoms with van der Waals surface area (Å²) < 4.78 is 0. The highest BCUT2D eigenvalue weighted by Crippen LogP contribution is 2.51. The minimum atomic E-state index is -0.714. The molecule has 3 nitrogen and oxygen atoms in total. The van der Waals surface area contributed by atoms with Crippen molar-refractivity contribution in [1.82, 2.24) is 0 Å². The lowest BCUT2D eigenvalue weighted by Crippen LogP contribution is -2.27. The summed E-state index contributed by atoms with van der Waals surface area (Å²) >= 11 is 0. The van der Waals surface area contributed by atoms with Gasteiger partial charge in [0.05, 0.1) is 5.92 Å². The lowest BCUT2D eigenvalue weighted by Gasteiger charge is -2.22. The summed E-state index contributed by atoms with van der Waals surface area (Å²) in [5.74, 6) is -0.269.